The summed E-state index contributed by atoms with van der Waals surface area (Å²) in [5, 5.41) is 0. The Bertz CT molecular complexity index is 702. The minimum Gasteiger partial charge on any atom is -0.497 e. The minimum absolute atomic E-state index is 0.0395. The molecule has 106 valence electrons. The van der Waals surface area contributed by atoms with Crippen LogP contribution in [0.1, 0.15) is 0 Å². The Morgan fingerprint density at radius 3 is 2.40 bits per heavy atom. The number of ether oxygens (including phenoxy) is 1. The van der Waals surface area contributed by atoms with E-state index in [1.807, 2.05) is 0 Å². The lowest BCUT2D eigenvalue weighted by Crippen LogP contribution is -2.27. The van der Waals surface area contributed by atoms with Crippen LogP contribution < -0.4 is 14.8 Å². The van der Waals surface area contributed by atoms with Gasteiger partial charge in [-0.2, -0.15) is 0 Å². The van der Waals surface area contributed by atoms with Gasteiger partial charge in [0, 0.05) is 25.5 Å². The van der Waals surface area contributed by atoms with Crippen molar-refractivity contribution in [3.63, 3.8) is 0 Å². The topological polar surface area (TPSA) is 85.5 Å². The van der Waals surface area contributed by atoms with Crippen LogP contribution in [0.5, 0.6) is 5.75 Å². The van der Waals surface area contributed by atoms with Crippen LogP contribution in [0.15, 0.2) is 47.6 Å². The molecule has 0 unspecified atom stereocenters. The summed E-state index contributed by atoms with van der Waals surface area (Å²) >= 11 is 0. The highest BCUT2D eigenvalue weighted by atomic mass is 32.2. The van der Waals surface area contributed by atoms with Gasteiger partial charge in [0.2, 0.25) is 0 Å². The lowest BCUT2D eigenvalue weighted by molar-refractivity contribution is 0.414. The lowest BCUT2D eigenvalue weighted by Gasteiger charge is -2.20. The molecule has 20 heavy (non-hydrogen) atoms. The van der Waals surface area contributed by atoms with Crippen LogP contribution in [0.4, 0.5) is 11.4 Å². The summed E-state index contributed by atoms with van der Waals surface area (Å²) in [6, 6.07) is 7.69. The van der Waals surface area contributed by atoms with Crippen molar-refractivity contribution in [3.05, 3.63) is 42.7 Å². The first-order chi connectivity index (χ1) is 9.46. The van der Waals surface area contributed by atoms with Gasteiger partial charge in [-0.05, 0) is 24.3 Å². The summed E-state index contributed by atoms with van der Waals surface area (Å²) in [7, 11) is -0.764. The van der Waals surface area contributed by atoms with E-state index in [4.69, 9.17) is 10.5 Å². The first-order valence-corrected chi connectivity index (χ1v) is 7.23. The molecular formula is C13H15N3O3S. The summed E-state index contributed by atoms with van der Waals surface area (Å²) in [6.07, 6.45) is 3.05. The predicted octanol–water partition coefficient (Wildman–Crippen LogP) is 1.50. The van der Waals surface area contributed by atoms with E-state index in [9.17, 15) is 8.42 Å². The number of nitrogen functional groups attached to an aromatic ring is 1. The molecule has 1 heterocycles. The van der Waals surface area contributed by atoms with Crippen LogP contribution in [0, 0.1) is 0 Å². The van der Waals surface area contributed by atoms with Crippen LogP contribution in [-0.2, 0) is 10.0 Å². The third kappa shape index (κ3) is 2.53. The number of sulfonamides is 1. The van der Waals surface area contributed by atoms with Gasteiger partial charge in [0.25, 0.3) is 10.0 Å². The van der Waals surface area contributed by atoms with Gasteiger partial charge in [0.1, 0.15) is 10.6 Å². The zero-order chi connectivity index (χ0) is 14.8. The Labute approximate surface area is 117 Å². The molecule has 2 aromatic rings. The molecule has 0 saturated carbocycles. The Morgan fingerprint density at radius 1 is 1.20 bits per heavy atom. The van der Waals surface area contributed by atoms with Crippen molar-refractivity contribution < 1.29 is 13.2 Å². The molecule has 0 radical (unpaired) electrons. The van der Waals surface area contributed by atoms with Crippen molar-refractivity contribution in [1.82, 2.24) is 4.98 Å². The Hall–Kier alpha value is -2.28. The molecule has 7 heteroatoms. The van der Waals surface area contributed by atoms with E-state index in [0.29, 0.717) is 11.4 Å². The highest BCUT2D eigenvalue weighted by molar-refractivity contribution is 7.93. The highest BCUT2D eigenvalue weighted by Crippen LogP contribution is 2.28. The number of pyridine rings is 1. The molecule has 0 bridgehead atoms. The van der Waals surface area contributed by atoms with E-state index in [2.05, 4.69) is 4.98 Å². The minimum atomic E-state index is -3.72. The first-order valence-electron chi connectivity index (χ1n) is 5.79. The van der Waals surface area contributed by atoms with Gasteiger partial charge < -0.3 is 10.5 Å². The first kappa shape index (κ1) is 14.1. The molecule has 0 aliphatic heterocycles. The van der Waals surface area contributed by atoms with E-state index in [1.165, 1.54) is 38.7 Å². The molecule has 0 aliphatic carbocycles. The van der Waals surface area contributed by atoms with E-state index in [-0.39, 0.29) is 10.6 Å². The molecular weight excluding hydrogens is 278 g/mol. The maximum atomic E-state index is 12.5. The third-order valence-electron chi connectivity index (χ3n) is 2.88. The number of aromatic nitrogens is 1. The predicted molar refractivity (Wildman–Crippen MR) is 77.2 cm³/mol. The molecule has 0 fully saturated rings. The number of anilines is 2. The van der Waals surface area contributed by atoms with Crippen LogP contribution in [0.2, 0.25) is 0 Å². The fourth-order valence-corrected chi connectivity index (χ4v) is 3.02. The maximum Gasteiger partial charge on any atom is 0.266 e. The number of nitrogens with two attached hydrogens (primary N) is 1. The molecule has 2 N–H and O–H groups in total. The maximum absolute atomic E-state index is 12.5. The summed E-state index contributed by atoms with van der Waals surface area (Å²) in [5.41, 5.74) is 6.45. The molecule has 0 spiro atoms. The Balaban J connectivity index is 2.45. The number of methoxy groups -OCH3 is 1. The fourth-order valence-electron chi connectivity index (χ4n) is 1.73. The molecule has 1 aromatic heterocycles. The van der Waals surface area contributed by atoms with Crippen molar-refractivity contribution in [2.45, 2.75) is 4.90 Å². The average Bonchev–Trinajstić information content (AvgIpc) is 2.46. The molecule has 6 nitrogen and oxygen atoms in total. The fraction of sp³-hybridized carbons (Fsp3) is 0.154. The molecule has 0 atom stereocenters. The van der Waals surface area contributed by atoms with Crippen molar-refractivity contribution in [3.8, 4) is 5.75 Å². The second-order valence-corrected chi connectivity index (χ2v) is 6.02. The van der Waals surface area contributed by atoms with Crippen molar-refractivity contribution >= 4 is 21.4 Å². The zero-order valence-corrected chi connectivity index (χ0v) is 12.0. The number of hydrogen-bond acceptors (Lipinski definition) is 5. The van der Waals surface area contributed by atoms with Crippen molar-refractivity contribution in [2.75, 3.05) is 24.2 Å². The Morgan fingerprint density at radius 2 is 1.85 bits per heavy atom. The largest absolute Gasteiger partial charge is 0.497 e. The molecule has 0 amide bonds. The van der Waals surface area contributed by atoms with E-state index >= 15 is 0 Å². The second-order valence-electron chi connectivity index (χ2n) is 4.08. The van der Waals surface area contributed by atoms with Crippen LogP contribution in [0.25, 0.3) is 0 Å². The van der Waals surface area contributed by atoms with Gasteiger partial charge in [-0.3, -0.25) is 9.29 Å². The normalized spacial score (nSPS) is 11.1. The molecule has 0 saturated heterocycles. The molecule has 0 aliphatic rings. The molecule has 2 rings (SSSR count). The number of rotatable bonds is 4. The molecule has 1 aromatic carbocycles. The average molecular weight is 293 g/mol. The summed E-state index contributed by atoms with van der Waals surface area (Å²) in [4.78, 5) is 3.90. The smallest absolute Gasteiger partial charge is 0.266 e. The monoisotopic (exact) mass is 293 g/mol. The van der Waals surface area contributed by atoms with Gasteiger partial charge in [0.15, 0.2) is 0 Å². The van der Waals surface area contributed by atoms with Crippen molar-refractivity contribution in [2.24, 2.45) is 0 Å². The van der Waals surface area contributed by atoms with E-state index < -0.39 is 10.0 Å². The summed E-state index contributed by atoms with van der Waals surface area (Å²) in [5.74, 6) is 0.507. The van der Waals surface area contributed by atoms with Crippen LogP contribution >= 0.6 is 0 Å². The Kier molecular flexibility index (Phi) is 3.80. The SMILES string of the molecule is COc1ccc(S(=O)(=O)N(C)c2ccncc2)c(N)c1. The van der Waals surface area contributed by atoms with E-state index in [0.717, 1.165) is 4.31 Å². The summed E-state index contributed by atoms with van der Waals surface area (Å²) < 4.78 is 31.2. The van der Waals surface area contributed by atoms with Crippen LogP contribution in [0.3, 0.4) is 0 Å². The number of benzene rings is 1. The van der Waals surface area contributed by atoms with Crippen LogP contribution in [-0.4, -0.2) is 27.6 Å². The highest BCUT2D eigenvalue weighted by Gasteiger charge is 2.23. The number of hydrogen-bond donors (Lipinski definition) is 1. The van der Waals surface area contributed by atoms with E-state index in [1.54, 1.807) is 18.2 Å². The van der Waals surface area contributed by atoms with Gasteiger partial charge in [-0.1, -0.05) is 0 Å². The second kappa shape index (κ2) is 5.38. The summed E-state index contributed by atoms with van der Waals surface area (Å²) in [6.45, 7) is 0. The standard InChI is InChI=1S/C13H15N3O3S/c1-16(10-5-7-15-8-6-10)20(17,18)13-4-3-11(19-2)9-12(13)14/h3-9H,14H2,1-2H3. The van der Waals surface area contributed by atoms with Gasteiger partial charge >= 0.3 is 0 Å². The quantitative estimate of drug-likeness (QED) is 0.863. The number of nitrogens with zero attached hydrogens (tertiary/aromatic N) is 2. The van der Waals surface area contributed by atoms with Crippen molar-refractivity contribution in [1.29, 1.82) is 0 Å². The lowest BCUT2D eigenvalue weighted by atomic mass is 10.3. The third-order valence-corrected chi connectivity index (χ3v) is 4.74. The van der Waals surface area contributed by atoms with Gasteiger partial charge in [0.05, 0.1) is 18.5 Å². The zero-order valence-electron chi connectivity index (χ0n) is 11.1. The van der Waals surface area contributed by atoms with Gasteiger partial charge in [-0.25, -0.2) is 8.42 Å². The van der Waals surface area contributed by atoms with Gasteiger partial charge in [-0.15, -0.1) is 0 Å².